The first kappa shape index (κ1) is 20.2. The van der Waals surface area contributed by atoms with Crippen LogP contribution in [0.4, 0.5) is 11.5 Å². The smallest absolute Gasteiger partial charge is 0.151 e. The van der Waals surface area contributed by atoms with Gasteiger partial charge in [-0.3, -0.25) is 10.1 Å². The van der Waals surface area contributed by atoms with Gasteiger partial charge in [0.05, 0.1) is 37.3 Å². The van der Waals surface area contributed by atoms with Crippen molar-refractivity contribution in [3.63, 3.8) is 0 Å². The Kier molecular flexibility index (Phi) is 6.21. The normalized spacial score (nSPS) is 18.1. The number of hydrogen-bond donors (Lipinski definition) is 2. The molecule has 1 aromatic heterocycles. The van der Waals surface area contributed by atoms with E-state index in [9.17, 15) is 0 Å². The zero-order chi connectivity index (χ0) is 20.3. The Morgan fingerprint density at radius 2 is 2.25 bits per heavy atom. The number of nitrogens with one attached hydrogen (secondary N) is 1. The van der Waals surface area contributed by atoms with Crippen molar-refractivity contribution in [2.45, 2.75) is 26.0 Å². The van der Waals surface area contributed by atoms with Gasteiger partial charge in [-0.05, 0) is 32.0 Å². The molecule has 0 spiro atoms. The van der Waals surface area contributed by atoms with Crippen molar-refractivity contribution in [3.05, 3.63) is 35.5 Å². The summed E-state index contributed by atoms with van der Waals surface area (Å²) in [6.07, 6.45) is -0.0956. The van der Waals surface area contributed by atoms with Gasteiger partial charge in [-0.2, -0.15) is 5.10 Å². The highest BCUT2D eigenvalue weighted by atomic mass is 16.5. The molecule has 0 amide bonds. The van der Waals surface area contributed by atoms with E-state index in [1.807, 2.05) is 26.1 Å². The summed E-state index contributed by atoms with van der Waals surface area (Å²) in [5.74, 6) is 1.50. The predicted octanol–water partition coefficient (Wildman–Crippen LogP) is 2.30. The van der Waals surface area contributed by atoms with Gasteiger partial charge in [0.25, 0.3) is 0 Å². The Hall–Kier alpha value is -2.58. The van der Waals surface area contributed by atoms with Crippen molar-refractivity contribution in [1.29, 1.82) is 5.41 Å². The maximum absolute atomic E-state index is 8.73. The number of morpholine rings is 1. The van der Waals surface area contributed by atoms with Crippen LogP contribution in [-0.4, -0.2) is 61.1 Å². The van der Waals surface area contributed by atoms with Crippen LogP contribution in [0.5, 0.6) is 5.75 Å². The molecule has 1 aliphatic rings. The van der Waals surface area contributed by atoms with Crippen LogP contribution < -0.4 is 15.4 Å². The lowest BCUT2D eigenvalue weighted by Gasteiger charge is -2.33. The second-order valence-corrected chi connectivity index (χ2v) is 7.14. The van der Waals surface area contributed by atoms with Crippen molar-refractivity contribution in [3.8, 4) is 5.75 Å². The summed E-state index contributed by atoms with van der Waals surface area (Å²) in [5.41, 5.74) is 8.31. The fourth-order valence-corrected chi connectivity index (χ4v) is 3.36. The molecule has 1 aliphatic heterocycles. The van der Waals surface area contributed by atoms with Crippen LogP contribution in [0.2, 0.25) is 0 Å². The molecule has 8 heteroatoms. The van der Waals surface area contributed by atoms with Gasteiger partial charge < -0.3 is 24.8 Å². The molecular weight excluding hydrogens is 358 g/mol. The maximum Gasteiger partial charge on any atom is 0.151 e. The number of anilines is 2. The molecule has 28 heavy (non-hydrogen) atoms. The number of ether oxygens (including phenoxy) is 3. The van der Waals surface area contributed by atoms with E-state index in [0.717, 1.165) is 12.4 Å². The summed E-state index contributed by atoms with van der Waals surface area (Å²) >= 11 is 0. The number of benzene rings is 1. The Bertz CT molecular complexity index is 842. The fourth-order valence-electron chi connectivity index (χ4n) is 3.36. The van der Waals surface area contributed by atoms with E-state index in [2.05, 4.69) is 16.9 Å². The largest absolute Gasteiger partial charge is 0.488 e. The molecule has 0 radical (unpaired) electrons. The molecule has 3 rings (SSSR count). The standard InChI is InChI=1S/C20H29N5O3.H2/c1-13-11-27-8-7-25(13)19-10-18(24(3)23-19)20(22)16-9-15(5-6-17(16)21)28-14(2)12-26-4;/h5-6,9-10,13-14,22H,7-8,11-12,21H2,1-4H3;1H/t13-,14+;/m1./s1. The average Bonchev–Trinajstić information content (AvgIpc) is 3.05. The van der Waals surface area contributed by atoms with Crippen LogP contribution in [0, 0.1) is 5.41 Å². The van der Waals surface area contributed by atoms with Crippen LogP contribution >= 0.6 is 0 Å². The SMILES string of the molecule is COC[C@H](C)Oc1ccc(N)c(C(=N)c2cc(N3CCOC[C@H]3C)nn2C)c1.[HH]. The topological polar surface area (TPSA) is 98.6 Å². The molecule has 1 saturated heterocycles. The molecule has 2 heterocycles. The highest BCUT2D eigenvalue weighted by Crippen LogP contribution is 2.26. The zero-order valence-corrected chi connectivity index (χ0v) is 16.9. The maximum atomic E-state index is 8.73. The third kappa shape index (κ3) is 4.28. The zero-order valence-electron chi connectivity index (χ0n) is 16.9. The monoisotopic (exact) mass is 389 g/mol. The fraction of sp³-hybridized carbons (Fsp3) is 0.500. The minimum Gasteiger partial charge on any atom is -0.488 e. The predicted molar refractivity (Wildman–Crippen MR) is 112 cm³/mol. The molecular formula is C20H31N5O3. The van der Waals surface area contributed by atoms with Crippen LogP contribution in [0.15, 0.2) is 24.3 Å². The van der Waals surface area contributed by atoms with Gasteiger partial charge in [0.1, 0.15) is 11.9 Å². The summed E-state index contributed by atoms with van der Waals surface area (Å²) in [5, 5.41) is 13.3. The highest BCUT2D eigenvalue weighted by molar-refractivity contribution is 6.13. The number of nitrogens with two attached hydrogens (primary N) is 1. The van der Waals surface area contributed by atoms with E-state index in [1.54, 1.807) is 23.9 Å². The van der Waals surface area contributed by atoms with Gasteiger partial charge in [-0.15, -0.1) is 0 Å². The van der Waals surface area contributed by atoms with Crippen molar-refractivity contribution in [2.75, 3.05) is 44.1 Å². The number of methoxy groups -OCH3 is 1. The Labute approximate surface area is 167 Å². The lowest BCUT2D eigenvalue weighted by molar-refractivity contribution is 0.0921. The molecule has 1 fully saturated rings. The Balaban J connectivity index is 0.00000300. The van der Waals surface area contributed by atoms with E-state index in [4.69, 9.17) is 25.4 Å². The second-order valence-electron chi connectivity index (χ2n) is 7.14. The van der Waals surface area contributed by atoms with Crippen LogP contribution in [0.25, 0.3) is 0 Å². The molecule has 0 unspecified atom stereocenters. The first-order chi connectivity index (χ1) is 13.4. The Morgan fingerprint density at radius 1 is 1.46 bits per heavy atom. The molecule has 0 bridgehead atoms. The first-order valence-corrected chi connectivity index (χ1v) is 9.43. The van der Waals surface area contributed by atoms with Crippen molar-refractivity contribution in [1.82, 2.24) is 9.78 Å². The first-order valence-electron chi connectivity index (χ1n) is 9.43. The molecule has 2 aromatic rings. The highest BCUT2D eigenvalue weighted by Gasteiger charge is 2.23. The third-order valence-electron chi connectivity index (χ3n) is 4.82. The average molecular weight is 390 g/mol. The van der Waals surface area contributed by atoms with Crippen LogP contribution in [0.3, 0.4) is 0 Å². The molecule has 8 nitrogen and oxygen atoms in total. The minimum absolute atomic E-state index is 0. The summed E-state index contributed by atoms with van der Waals surface area (Å²) in [7, 11) is 3.48. The number of aromatic nitrogens is 2. The summed E-state index contributed by atoms with van der Waals surface area (Å²) in [6.45, 7) is 6.67. The van der Waals surface area contributed by atoms with E-state index in [0.29, 0.717) is 48.2 Å². The number of hydrogen-bond acceptors (Lipinski definition) is 7. The lowest BCUT2D eigenvalue weighted by atomic mass is 10.0. The second kappa shape index (κ2) is 8.62. The number of aryl methyl sites for hydroxylation is 1. The quantitative estimate of drug-likeness (QED) is 0.557. The van der Waals surface area contributed by atoms with Gasteiger partial charge in [-0.1, -0.05) is 0 Å². The van der Waals surface area contributed by atoms with Crippen molar-refractivity contribution >= 4 is 17.2 Å². The number of nitrogen functional groups attached to an aromatic ring is 1. The lowest BCUT2D eigenvalue weighted by Crippen LogP contribution is -2.43. The number of rotatable bonds is 7. The van der Waals surface area contributed by atoms with Gasteiger partial charge >= 0.3 is 0 Å². The minimum atomic E-state index is -0.0956. The molecule has 0 aliphatic carbocycles. The van der Waals surface area contributed by atoms with Crippen LogP contribution in [0.1, 0.15) is 26.5 Å². The Morgan fingerprint density at radius 3 is 2.96 bits per heavy atom. The van der Waals surface area contributed by atoms with E-state index >= 15 is 0 Å². The molecule has 3 N–H and O–H groups in total. The van der Waals surface area contributed by atoms with Gasteiger partial charge in [0.15, 0.2) is 5.82 Å². The molecule has 0 saturated carbocycles. The van der Waals surface area contributed by atoms with Gasteiger partial charge in [-0.25, -0.2) is 0 Å². The molecule has 1 aromatic carbocycles. The van der Waals surface area contributed by atoms with Gasteiger partial charge in [0, 0.05) is 39.4 Å². The van der Waals surface area contributed by atoms with E-state index in [1.165, 1.54) is 0 Å². The van der Waals surface area contributed by atoms with E-state index < -0.39 is 0 Å². The summed E-state index contributed by atoms with van der Waals surface area (Å²) < 4.78 is 18.2. The van der Waals surface area contributed by atoms with Crippen molar-refractivity contribution < 1.29 is 15.6 Å². The number of nitrogens with zero attached hydrogens (tertiary/aromatic N) is 3. The van der Waals surface area contributed by atoms with Crippen LogP contribution in [-0.2, 0) is 16.5 Å². The molecule has 2 atom stereocenters. The van der Waals surface area contributed by atoms with Crippen molar-refractivity contribution in [2.24, 2.45) is 7.05 Å². The van der Waals surface area contributed by atoms with Gasteiger partial charge in [0.2, 0.25) is 0 Å². The molecule has 154 valence electrons. The van der Waals surface area contributed by atoms with E-state index in [-0.39, 0.29) is 13.6 Å². The third-order valence-corrected chi connectivity index (χ3v) is 4.82. The summed E-state index contributed by atoms with van der Waals surface area (Å²) in [6, 6.07) is 7.55. The summed E-state index contributed by atoms with van der Waals surface area (Å²) in [4.78, 5) is 2.20.